The molecule has 1 aliphatic heterocycles. The average Bonchev–Trinajstić information content (AvgIpc) is 2.42. The Hall–Kier alpha value is -0.900. The smallest absolute Gasteiger partial charge is 0.102 e. The van der Waals surface area contributed by atoms with Crippen molar-refractivity contribution in [3.8, 4) is 0 Å². The molecule has 0 radical (unpaired) electrons. The van der Waals surface area contributed by atoms with Gasteiger partial charge in [-0.25, -0.2) is 0 Å². The number of hydroxylamine groups is 2. The van der Waals surface area contributed by atoms with E-state index >= 15 is 0 Å². The maximum atomic E-state index is 6.38. The van der Waals surface area contributed by atoms with Crippen LogP contribution in [0.4, 0.5) is 0 Å². The summed E-state index contributed by atoms with van der Waals surface area (Å²) >= 11 is 0. The molecule has 0 bridgehead atoms. The first kappa shape index (κ1) is 16.5. The van der Waals surface area contributed by atoms with E-state index in [0.29, 0.717) is 6.54 Å². The summed E-state index contributed by atoms with van der Waals surface area (Å²) in [5.41, 5.74) is 8.17. The molecule has 1 heterocycles. The van der Waals surface area contributed by atoms with Gasteiger partial charge < -0.3 is 5.73 Å². The molecular weight excluding hydrogens is 260 g/mol. The molecule has 2 N–H and O–H groups in total. The van der Waals surface area contributed by atoms with Crippen molar-refractivity contribution in [1.82, 2.24) is 5.06 Å². The van der Waals surface area contributed by atoms with E-state index < -0.39 is 0 Å². The van der Waals surface area contributed by atoms with E-state index in [9.17, 15) is 0 Å². The van der Waals surface area contributed by atoms with Gasteiger partial charge in [-0.05, 0) is 65.0 Å². The lowest BCUT2D eigenvalue weighted by atomic mass is 9.82. The molecule has 1 fully saturated rings. The number of rotatable bonds is 4. The lowest BCUT2D eigenvalue weighted by molar-refractivity contribution is -0.304. The highest BCUT2D eigenvalue weighted by Gasteiger charge is 2.43. The SMILES string of the molecule is CC(ON1C(C)(C)CCCC1(C)C)c1ccc(CN)cc1. The van der Waals surface area contributed by atoms with E-state index in [1.54, 1.807) is 0 Å². The summed E-state index contributed by atoms with van der Waals surface area (Å²) in [5.74, 6) is 0. The molecule has 118 valence electrons. The van der Waals surface area contributed by atoms with Crippen LogP contribution in [0.25, 0.3) is 0 Å². The number of piperidine rings is 1. The van der Waals surface area contributed by atoms with Crippen LogP contribution in [0.3, 0.4) is 0 Å². The van der Waals surface area contributed by atoms with Crippen molar-refractivity contribution in [1.29, 1.82) is 0 Å². The summed E-state index contributed by atoms with van der Waals surface area (Å²) in [7, 11) is 0. The van der Waals surface area contributed by atoms with Gasteiger partial charge in [-0.15, -0.1) is 0 Å². The first-order valence-corrected chi connectivity index (χ1v) is 8.02. The van der Waals surface area contributed by atoms with Crippen molar-refractivity contribution >= 4 is 0 Å². The van der Waals surface area contributed by atoms with Crippen molar-refractivity contribution in [2.24, 2.45) is 5.73 Å². The average molecular weight is 290 g/mol. The standard InChI is InChI=1S/C18H30N2O/c1-14(16-9-7-15(13-19)8-10-16)21-20-17(2,3)11-6-12-18(20,4)5/h7-10,14H,6,11-13,19H2,1-5H3. The Morgan fingerprint density at radius 2 is 1.62 bits per heavy atom. The fraction of sp³-hybridized carbons (Fsp3) is 0.667. The van der Waals surface area contributed by atoms with Gasteiger partial charge in [0, 0.05) is 17.6 Å². The largest absolute Gasteiger partial charge is 0.326 e. The maximum Gasteiger partial charge on any atom is 0.102 e. The number of benzene rings is 1. The monoisotopic (exact) mass is 290 g/mol. The number of hydrogen-bond donors (Lipinski definition) is 1. The summed E-state index contributed by atoms with van der Waals surface area (Å²) in [6.07, 6.45) is 3.66. The van der Waals surface area contributed by atoms with Gasteiger partial charge in [0.15, 0.2) is 0 Å². The van der Waals surface area contributed by atoms with Crippen LogP contribution >= 0.6 is 0 Å². The van der Waals surface area contributed by atoms with E-state index in [-0.39, 0.29) is 17.2 Å². The van der Waals surface area contributed by atoms with Crippen molar-refractivity contribution < 1.29 is 4.84 Å². The molecular formula is C18H30N2O. The summed E-state index contributed by atoms with van der Waals surface area (Å²) in [6.45, 7) is 11.8. The third-order valence-corrected chi connectivity index (χ3v) is 4.63. The minimum absolute atomic E-state index is 0.0495. The van der Waals surface area contributed by atoms with Gasteiger partial charge in [0.05, 0.1) is 0 Å². The van der Waals surface area contributed by atoms with E-state index in [0.717, 1.165) is 5.56 Å². The number of nitrogens with two attached hydrogens (primary N) is 1. The van der Waals surface area contributed by atoms with Gasteiger partial charge in [0.2, 0.25) is 0 Å². The molecule has 0 spiro atoms. The lowest BCUT2D eigenvalue weighted by Gasteiger charge is -2.52. The molecule has 1 atom stereocenters. The Morgan fingerprint density at radius 1 is 1.10 bits per heavy atom. The van der Waals surface area contributed by atoms with E-state index in [2.05, 4.69) is 63.9 Å². The topological polar surface area (TPSA) is 38.5 Å². The Kier molecular flexibility index (Phi) is 4.76. The molecule has 3 heteroatoms. The molecule has 1 aliphatic rings. The lowest BCUT2D eigenvalue weighted by Crippen LogP contribution is -2.58. The van der Waals surface area contributed by atoms with Crippen molar-refractivity contribution in [3.05, 3.63) is 35.4 Å². The third-order valence-electron chi connectivity index (χ3n) is 4.63. The van der Waals surface area contributed by atoms with Gasteiger partial charge in [-0.2, -0.15) is 5.06 Å². The van der Waals surface area contributed by atoms with Crippen LogP contribution < -0.4 is 5.73 Å². The van der Waals surface area contributed by atoms with Crippen molar-refractivity contribution in [2.75, 3.05) is 0 Å². The minimum atomic E-state index is 0.0495. The van der Waals surface area contributed by atoms with Crippen LogP contribution in [-0.2, 0) is 11.4 Å². The fourth-order valence-corrected chi connectivity index (χ4v) is 3.41. The quantitative estimate of drug-likeness (QED) is 0.904. The first-order chi connectivity index (χ1) is 9.76. The molecule has 2 rings (SSSR count). The summed E-state index contributed by atoms with van der Waals surface area (Å²) in [6, 6.07) is 8.41. The van der Waals surface area contributed by atoms with Gasteiger partial charge >= 0.3 is 0 Å². The zero-order valence-corrected chi connectivity index (χ0v) is 14.1. The van der Waals surface area contributed by atoms with Crippen molar-refractivity contribution in [2.45, 2.75) is 77.6 Å². The molecule has 1 aromatic rings. The Labute approximate surface area is 129 Å². The fourth-order valence-electron chi connectivity index (χ4n) is 3.41. The zero-order valence-electron chi connectivity index (χ0n) is 14.1. The molecule has 0 saturated carbocycles. The van der Waals surface area contributed by atoms with Gasteiger partial charge in [-0.1, -0.05) is 24.3 Å². The van der Waals surface area contributed by atoms with Gasteiger partial charge in [0.1, 0.15) is 6.10 Å². The molecule has 21 heavy (non-hydrogen) atoms. The highest BCUT2D eigenvalue weighted by atomic mass is 16.7. The van der Waals surface area contributed by atoms with E-state index in [1.165, 1.54) is 24.8 Å². The minimum Gasteiger partial charge on any atom is -0.326 e. The second kappa shape index (κ2) is 6.07. The predicted molar refractivity (Wildman–Crippen MR) is 87.7 cm³/mol. The zero-order chi connectivity index (χ0) is 15.7. The van der Waals surface area contributed by atoms with Crippen LogP contribution in [0.2, 0.25) is 0 Å². The molecule has 1 unspecified atom stereocenters. The second-order valence-electron chi connectivity index (χ2n) is 7.47. The third kappa shape index (κ3) is 3.65. The number of hydrogen-bond acceptors (Lipinski definition) is 3. The highest BCUT2D eigenvalue weighted by molar-refractivity contribution is 5.23. The Morgan fingerprint density at radius 3 is 2.10 bits per heavy atom. The number of nitrogens with zero attached hydrogens (tertiary/aromatic N) is 1. The maximum absolute atomic E-state index is 6.38. The van der Waals surface area contributed by atoms with Crippen LogP contribution in [0.15, 0.2) is 24.3 Å². The summed E-state index contributed by atoms with van der Waals surface area (Å²) in [5, 5.41) is 2.23. The summed E-state index contributed by atoms with van der Waals surface area (Å²) < 4.78 is 0. The molecule has 0 aromatic heterocycles. The van der Waals surface area contributed by atoms with Gasteiger partial charge in [-0.3, -0.25) is 4.84 Å². The summed E-state index contributed by atoms with van der Waals surface area (Å²) in [4.78, 5) is 6.38. The molecule has 1 aromatic carbocycles. The van der Waals surface area contributed by atoms with Gasteiger partial charge in [0.25, 0.3) is 0 Å². The normalized spacial score (nSPS) is 23.0. The van der Waals surface area contributed by atoms with Crippen molar-refractivity contribution in [3.63, 3.8) is 0 Å². The van der Waals surface area contributed by atoms with Crippen LogP contribution in [0, 0.1) is 0 Å². The predicted octanol–water partition coefficient (Wildman–Crippen LogP) is 4.18. The molecule has 0 aliphatic carbocycles. The molecule has 3 nitrogen and oxygen atoms in total. The molecule has 1 saturated heterocycles. The van der Waals surface area contributed by atoms with E-state index in [4.69, 9.17) is 10.6 Å². The van der Waals surface area contributed by atoms with Crippen LogP contribution in [-0.4, -0.2) is 16.1 Å². The van der Waals surface area contributed by atoms with Crippen LogP contribution in [0.1, 0.15) is 71.1 Å². The highest BCUT2D eigenvalue weighted by Crippen LogP contribution is 2.40. The second-order valence-corrected chi connectivity index (χ2v) is 7.47. The Bertz CT molecular complexity index is 449. The Balaban J connectivity index is 2.14. The first-order valence-electron chi connectivity index (χ1n) is 8.02. The molecule has 0 amide bonds. The van der Waals surface area contributed by atoms with Crippen LogP contribution in [0.5, 0.6) is 0 Å². The van der Waals surface area contributed by atoms with E-state index in [1.807, 2.05) is 0 Å².